The molecule has 19 heavy (non-hydrogen) atoms. The van der Waals surface area contributed by atoms with Crippen LogP contribution in [0.1, 0.15) is 23.1 Å². The standard InChI is InChI=1S/C14H22N2O2S/c1-2-12-3-4-13(19-12)11-15-6-5-14(17)16-7-9-18-10-8-16/h3-4,15H,2,5-11H2,1H3. The molecule has 5 heteroatoms. The van der Waals surface area contributed by atoms with Gasteiger partial charge < -0.3 is 15.0 Å². The first-order valence-electron chi connectivity index (χ1n) is 6.93. The summed E-state index contributed by atoms with van der Waals surface area (Å²) < 4.78 is 5.24. The van der Waals surface area contributed by atoms with Crippen molar-refractivity contribution in [1.82, 2.24) is 10.2 Å². The number of thiophene rings is 1. The molecule has 0 aromatic carbocycles. The van der Waals surface area contributed by atoms with Gasteiger partial charge in [-0.15, -0.1) is 11.3 Å². The topological polar surface area (TPSA) is 41.6 Å². The van der Waals surface area contributed by atoms with Crippen LogP contribution in [0.2, 0.25) is 0 Å². The second-order valence-electron chi connectivity index (χ2n) is 4.64. The van der Waals surface area contributed by atoms with Crippen LogP contribution in [0.25, 0.3) is 0 Å². The molecule has 1 aromatic heterocycles. The van der Waals surface area contributed by atoms with Gasteiger partial charge in [-0.1, -0.05) is 6.92 Å². The molecule has 1 aliphatic rings. The Morgan fingerprint density at radius 2 is 2.11 bits per heavy atom. The first kappa shape index (κ1) is 14.5. The van der Waals surface area contributed by atoms with Crippen molar-refractivity contribution in [2.45, 2.75) is 26.3 Å². The number of hydrogen-bond donors (Lipinski definition) is 1. The van der Waals surface area contributed by atoms with Crippen LogP contribution in [0, 0.1) is 0 Å². The Balaban J connectivity index is 1.62. The molecule has 0 atom stereocenters. The normalized spacial score (nSPS) is 15.7. The quantitative estimate of drug-likeness (QED) is 0.807. The summed E-state index contributed by atoms with van der Waals surface area (Å²) >= 11 is 1.85. The number of aryl methyl sites for hydroxylation is 1. The van der Waals surface area contributed by atoms with Crippen LogP contribution in [0.15, 0.2) is 12.1 Å². The number of nitrogens with zero attached hydrogens (tertiary/aromatic N) is 1. The van der Waals surface area contributed by atoms with Crippen LogP contribution in [0.3, 0.4) is 0 Å². The molecular weight excluding hydrogens is 260 g/mol. The maximum atomic E-state index is 11.9. The van der Waals surface area contributed by atoms with Crippen molar-refractivity contribution in [3.8, 4) is 0 Å². The second kappa shape index (κ2) is 7.62. The number of rotatable bonds is 6. The molecule has 0 unspecified atom stereocenters. The number of nitrogens with one attached hydrogen (secondary N) is 1. The molecule has 2 heterocycles. The molecule has 1 fully saturated rings. The van der Waals surface area contributed by atoms with Crippen LogP contribution in [0.4, 0.5) is 0 Å². The number of ether oxygens (including phenoxy) is 1. The summed E-state index contributed by atoms with van der Waals surface area (Å²) in [7, 11) is 0. The molecule has 0 saturated carbocycles. The van der Waals surface area contributed by atoms with Gasteiger partial charge >= 0.3 is 0 Å². The average molecular weight is 282 g/mol. The van der Waals surface area contributed by atoms with Gasteiger partial charge in [-0.25, -0.2) is 0 Å². The fraction of sp³-hybridized carbons (Fsp3) is 0.643. The molecule has 1 aromatic rings. The van der Waals surface area contributed by atoms with Crippen molar-refractivity contribution in [2.75, 3.05) is 32.8 Å². The number of carbonyl (C=O) groups excluding carboxylic acids is 1. The maximum absolute atomic E-state index is 11.9. The van der Waals surface area contributed by atoms with Gasteiger partial charge in [0, 0.05) is 42.4 Å². The Kier molecular flexibility index (Phi) is 5.82. The molecule has 4 nitrogen and oxygen atoms in total. The van der Waals surface area contributed by atoms with Crippen molar-refractivity contribution in [3.63, 3.8) is 0 Å². The Morgan fingerprint density at radius 1 is 1.37 bits per heavy atom. The fourth-order valence-electron chi connectivity index (χ4n) is 2.09. The molecule has 0 spiro atoms. The van der Waals surface area contributed by atoms with Gasteiger partial charge in [0.05, 0.1) is 13.2 Å². The van der Waals surface area contributed by atoms with E-state index in [0.717, 1.165) is 32.6 Å². The number of hydrogen-bond acceptors (Lipinski definition) is 4. The minimum atomic E-state index is 0.233. The summed E-state index contributed by atoms with van der Waals surface area (Å²) in [5, 5.41) is 3.34. The highest BCUT2D eigenvalue weighted by Crippen LogP contribution is 2.16. The largest absolute Gasteiger partial charge is 0.378 e. The number of amides is 1. The van der Waals surface area contributed by atoms with Gasteiger partial charge in [-0.2, -0.15) is 0 Å². The summed E-state index contributed by atoms with van der Waals surface area (Å²) in [6.45, 7) is 6.61. The zero-order valence-electron chi connectivity index (χ0n) is 11.5. The van der Waals surface area contributed by atoms with Crippen molar-refractivity contribution < 1.29 is 9.53 Å². The van der Waals surface area contributed by atoms with Crippen LogP contribution < -0.4 is 5.32 Å². The predicted molar refractivity (Wildman–Crippen MR) is 77.4 cm³/mol. The van der Waals surface area contributed by atoms with Gasteiger partial charge in [0.15, 0.2) is 0 Å². The van der Waals surface area contributed by atoms with E-state index in [4.69, 9.17) is 4.74 Å². The summed E-state index contributed by atoms with van der Waals surface area (Å²) in [4.78, 5) is 16.5. The predicted octanol–water partition coefficient (Wildman–Crippen LogP) is 1.65. The van der Waals surface area contributed by atoms with Gasteiger partial charge in [0.25, 0.3) is 0 Å². The third-order valence-electron chi connectivity index (χ3n) is 3.24. The van der Waals surface area contributed by atoms with E-state index in [9.17, 15) is 4.79 Å². The fourth-order valence-corrected chi connectivity index (χ4v) is 3.01. The zero-order valence-corrected chi connectivity index (χ0v) is 12.3. The molecule has 0 aliphatic carbocycles. The summed E-state index contributed by atoms with van der Waals surface area (Å²) in [6.07, 6.45) is 1.67. The van der Waals surface area contributed by atoms with Crippen LogP contribution in [0.5, 0.6) is 0 Å². The van der Waals surface area contributed by atoms with E-state index >= 15 is 0 Å². The Labute approximate surface area is 118 Å². The monoisotopic (exact) mass is 282 g/mol. The van der Waals surface area contributed by atoms with Gasteiger partial charge in [-0.05, 0) is 18.6 Å². The maximum Gasteiger partial charge on any atom is 0.224 e. The molecular formula is C14H22N2O2S. The summed E-state index contributed by atoms with van der Waals surface area (Å²) in [5.74, 6) is 0.233. The number of carbonyl (C=O) groups is 1. The highest BCUT2D eigenvalue weighted by atomic mass is 32.1. The lowest BCUT2D eigenvalue weighted by molar-refractivity contribution is -0.135. The van der Waals surface area contributed by atoms with E-state index in [-0.39, 0.29) is 5.91 Å². The second-order valence-corrected chi connectivity index (χ2v) is 5.89. The van der Waals surface area contributed by atoms with Crippen LogP contribution in [-0.4, -0.2) is 43.7 Å². The van der Waals surface area contributed by atoms with E-state index in [1.807, 2.05) is 16.2 Å². The first-order chi connectivity index (χ1) is 9.29. The molecule has 2 rings (SSSR count). The minimum Gasteiger partial charge on any atom is -0.378 e. The lowest BCUT2D eigenvalue weighted by atomic mass is 10.3. The Morgan fingerprint density at radius 3 is 2.79 bits per heavy atom. The average Bonchev–Trinajstić information content (AvgIpc) is 2.92. The highest BCUT2D eigenvalue weighted by Gasteiger charge is 2.15. The molecule has 0 radical (unpaired) electrons. The van der Waals surface area contributed by atoms with Crippen molar-refractivity contribution >= 4 is 17.2 Å². The van der Waals surface area contributed by atoms with Gasteiger partial charge in [0.2, 0.25) is 5.91 Å². The van der Waals surface area contributed by atoms with Crippen molar-refractivity contribution in [3.05, 3.63) is 21.9 Å². The number of morpholine rings is 1. The SMILES string of the molecule is CCc1ccc(CNCCC(=O)N2CCOCC2)s1. The smallest absolute Gasteiger partial charge is 0.224 e. The summed E-state index contributed by atoms with van der Waals surface area (Å²) in [6, 6.07) is 4.35. The van der Waals surface area contributed by atoms with Gasteiger partial charge in [0.1, 0.15) is 0 Å². The molecule has 1 saturated heterocycles. The van der Waals surface area contributed by atoms with E-state index in [0.29, 0.717) is 19.6 Å². The van der Waals surface area contributed by atoms with Crippen LogP contribution >= 0.6 is 11.3 Å². The van der Waals surface area contributed by atoms with Crippen molar-refractivity contribution in [2.24, 2.45) is 0 Å². The van der Waals surface area contributed by atoms with Crippen LogP contribution in [-0.2, 0) is 22.5 Å². The Hall–Kier alpha value is -0.910. The molecule has 1 amide bonds. The van der Waals surface area contributed by atoms with Crippen molar-refractivity contribution in [1.29, 1.82) is 0 Å². The molecule has 1 N–H and O–H groups in total. The molecule has 1 aliphatic heterocycles. The van der Waals surface area contributed by atoms with Gasteiger partial charge in [-0.3, -0.25) is 4.79 Å². The highest BCUT2D eigenvalue weighted by molar-refractivity contribution is 7.11. The lowest BCUT2D eigenvalue weighted by Gasteiger charge is -2.26. The Bertz CT molecular complexity index is 400. The zero-order chi connectivity index (χ0) is 13.5. The third kappa shape index (κ3) is 4.60. The first-order valence-corrected chi connectivity index (χ1v) is 7.75. The van der Waals surface area contributed by atoms with E-state index in [1.165, 1.54) is 9.75 Å². The lowest BCUT2D eigenvalue weighted by Crippen LogP contribution is -2.41. The van der Waals surface area contributed by atoms with E-state index in [2.05, 4.69) is 24.4 Å². The van der Waals surface area contributed by atoms with E-state index < -0.39 is 0 Å². The molecule has 106 valence electrons. The van der Waals surface area contributed by atoms with E-state index in [1.54, 1.807) is 0 Å². The summed E-state index contributed by atoms with van der Waals surface area (Å²) in [5.41, 5.74) is 0. The molecule has 0 bridgehead atoms. The minimum absolute atomic E-state index is 0.233. The third-order valence-corrected chi connectivity index (χ3v) is 4.47.